The Balaban J connectivity index is 2.23. The fourth-order valence-electron chi connectivity index (χ4n) is 1.91. The molecule has 6 nitrogen and oxygen atoms in total. The highest BCUT2D eigenvalue weighted by Gasteiger charge is 2.30. The SMILES string of the molecule is CC1CN(S(=O)(=O)c2ccc(CN)o2)CCCO1. The van der Waals surface area contributed by atoms with Crippen molar-refractivity contribution in [1.29, 1.82) is 0 Å². The maximum atomic E-state index is 12.4. The third-order valence-electron chi connectivity index (χ3n) is 2.85. The van der Waals surface area contributed by atoms with Crippen molar-refractivity contribution in [2.24, 2.45) is 5.73 Å². The molecule has 2 rings (SSSR count). The Kier molecular flexibility index (Phi) is 4.06. The van der Waals surface area contributed by atoms with Crippen molar-refractivity contribution in [1.82, 2.24) is 4.31 Å². The summed E-state index contributed by atoms with van der Waals surface area (Å²) in [7, 11) is -3.58. The summed E-state index contributed by atoms with van der Waals surface area (Å²) < 4.78 is 36.8. The number of hydrogen-bond acceptors (Lipinski definition) is 5. The molecule has 0 bridgehead atoms. The van der Waals surface area contributed by atoms with Crippen LogP contribution in [-0.2, 0) is 21.3 Å². The Morgan fingerprint density at radius 2 is 2.28 bits per heavy atom. The number of nitrogens with two attached hydrogens (primary N) is 1. The maximum Gasteiger partial charge on any atom is 0.276 e. The molecule has 0 amide bonds. The van der Waals surface area contributed by atoms with E-state index in [4.69, 9.17) is 14.9 Å². The molecule has 1 aliphatic rings. The first-order valence-corrected chi connectivity index (χ1v) is 7.38. The molecule has 0 aromatic carbocycles. The lowest BCUT2D eigenvalue weighted by molar-refractivity contribution is 0.0751. The minimum Gasteiger partial charge on any atom is -0.447 e. The van der Waals surface area contributed by atoms with Crippen LogP contribution in [-0.4, -0.2) is 38.5 Å². The number of rotatable bonds is 3. The van der Waals surface area contributed by atoms with Crippen LogP contribution in [0, 0.1) is 0 Å². The van der Waals surface area contributed by atoms with E-state index >= 15 is 0 Å². The van der Waals surface area contributed by atoms with Crippen molar-refractivity contribution < 1.29 is 17.6 Å². The Hall–Kier alpha value is -0.890. The summed E-state index contributed by atoms with van der Waals surface area (Å²) in [5.41, 5.74) is 5.41. The average Bonchev–Trinajstić information content (AvgIpc) is 2.72. The van der Waals surface area contributed by atoms with E-state index in [0.29, 0.717) is 31.9 Å². The summed E-state index contributed by atoms with van der Waals surface area (Å²) in [6.07, 6.45) is 0.583. The van der Waals surface area contributed by atoms with Gasteiger partial charge < -0.3 is 14.9 Å². The predicted molar refractivity (Wildman–Crippen MR) is 65.4 cm³/mol. The van der Waals surface area contributed by atoms with Gasteiger partial charge in [-0.15, -0.1) is 0 Å². The van der Waals surface area contributed by atoms with Crippen LogP contribution in [0.4, 0.5) is 0 Å². The minimum atomic E-state index is -3.58. The third kappa shape index (κ3) is 2.74. The quantitative estimate of drug-likeness (QED) is 0.869. The molecule has 0 aliphatic carbocycles. The van der Waals surface area contributed by atoms with E-state index in [1.807, 2.05) is 6.92 Å². The van der Waals surface area contributed by atoms with Gasteiger partial charge in [0.05, 0.1) is 12.6 Å². The van der Waals surface area contributed by atoms with Gasteiger partial charge in [0.15, 0.2) is 0 Å². The number of ether oxygens (including phenoxy) is 1. The molecule has 1 aliphatic heterocycles. The zero-order valence-corrected chi connectivity index (χ0v) is 11.1. The Morgan fingerprint density at radius 3 is 2.94 bits per heavy atom. The van der Waals surface area contributed by atoms with Crippen LogP contribution in [0.15, 0.2) is 21.6 Å². The van der Waals surface area contributed by atoms with Gasteiger partial charge in [0.2, 0.25) is 5.09 Å². The zero-order valence-electron chi connectivity index (χ0n) is 10.3. The van der Waals surface area contributed by atoms with Gasteiger partial charge in [-0.05, 0) is 25.5 Å². The molecular weight excluding hydrogens is 256 g/mol. The summed E-state index contributed by atoms with van der Waals surface area (Å²) in [4.78, 5) is 0. The largest absolute Gasteiger partial charge is 0.447 e. The minimum absolute atomic E-state index is 0.0444. The molecule has 1 aromatic heterocycles. The van der Waals surface area contributed by atoms with Gasteiger partial charge in [-0.2, -0.15) is 4.31 Å². The predicted octanol–water partition coefficient (Wildman–Crippen LogP) is 0.538. The first kappa shape index (κ1) is 13.5. The van der Waals surface area contributed by atoms with E-state index < -0.39 is 10.0 Å². The second-order valence-electron chi connectivity index (χ2n) is 4.32. The highest BCUT2D eigenvalue weighted by Crippen LogP contribution is 2.20. The first-order valence-electron chi connectivity index (χ1n) is 5.94. The van der Waals surface area contributed by atoms with Gasteiger partial charge in [-0.3, -0.25) is 0 Å². The van der Waals surface area contributed by atoms with Gasteiger partial charge in [-0.1, -0.05) is 0 Å². The molecule has 1 unspecified atom stereocenters. The molecule has 1 saturated heterocycles. The Labute approximate surface area is 107 Å². The monoisotopic (exact) mass is 274 g/mol. The summed E-state index contributed by atoms with van der Waals surface area (Å²) in [6, 6.07) is 3.04. The number of nitrogens with zero attached hydrogens (tertiary/aromatic N) is 1. The summed E-state index contributed by atoms with van der Waals surface area (Å²) in [5.74, 6) is 0.465. The van der Waals surface area contributed by atoms with E-state index in [1.54, 1.807) is 6.07 Å². The lowest BCUT2D eigenvalue weighted by atomic mass is 10.4. The van der Waals surface area contributed by atoms with Crippen molar-refractivity contribution in [2.45, 2.75) is 31.1 Å². The summed E-state index contributed by atoms with van der Waals surface area (Å²) >= 11 is 0. The van der Waals surface area contributed by atoms with E-state index in [-0.39, 0.29) is 17.7 Å². The molecule has 7 heteroatoms. The number of sulfonamides is 1. The number of hydrogen-bond donors (Lipinski definition) is 1. The van der Waals surface area contributed by atoms with Crippen LogP contribution < -0.4 is 5.73 Å². The van der Waals surface area contributed by atoms with E-state index in [9.17, 15) is 8.42 Å². The normalized spacial score (nSPS) is 22.9. The lowest BCUT2D eigenvalue weighted by Crippen LogP contribution is -2.35. The van der Waals surface area contributed by atoms with Crippen molar-refractivity contribution in [2.75, 3.05) is 19.7 Å². The van der Waals surface area contributed by atoms with Crippen molar-refractivity contribution in [3.05, 3.63) is 17.9 Å². The fraction of sp³-hybridized carbons (Fsp3) is 0.636. The van der Waals surface area contributed by atoms with Crippen molar-refractivity contribution in [3.63, 3.8) is 0 Å². The van der Waals surface area contributed by atoms with Crippen LogP contribution in [0.3, 0.4) is 0 Å². The van der Waals surface area contributed by atoms with Crippen LogP contribution in [0.25, 0.3) is 0 Å². The van der Waals surface area contributed by atoms with Gasteiger partial charge in [0.25, 0.3) is 10.0 Å². The van der Waals surface area contributed by atoms with E-state index in [1.165, 1.54) is 10.4 Å². The molecule has 0 spiro atoms. The van der Waals surface area contributed by atoms with E-state index in [2.05, 4.69) is 0 Å². The summed E-state index contributed by atoms with van der Waals surface area (Å²) in [5, 5.41) is -0.0444. The van der Waals surface area contributed by atoms with Crippen molar-refractivity contribution >= 4 is 10.0 Å². The average molecular weight is 274 g/mol. The molecule has 2 N–H and O–H groups in total. The Morgan fingerprint density at radius 1 is 1.50 bits per heavy atom. The van der Waals surface area contributed by atoms with E-state index in [0.717, 1.165) is 0 Å². The molecule has 2 heterocycles. The smallest absolute Gasteiger partial charge is 0.276 e. The summed E-state index contributed by atoms with van der Waals surface area (Å²) in [6.45, 7) is 3.43. The third-order valence-corrected chi connectivity index (χ3v) is 4.59. The topological polar surface area (TPSA) is 85.8 Å². The van der Waals surface area contributed by atoms with Crippen LogP contribution in [0.5, 0.6) is 0 Å². The maximum absolute atomic E-state index is 12.4. The molecule has 1 atom stereocenters. The molecule has 18 heavy (non-hydrogen) atoms. The van der Waals surface area contributed by atoms with Crippen LogP contribution in [0.1, 0.15) is 19.1 Å². The second kappa shape index (κ2) is 5.40. The van der Waals surface area contributed by atoms with Gasteiger partial charge in [0.1, 0.15) is 5.76 Å². The Bertz CT molecular complexity index is 497. The lowest BCUT2D eigenvalue weighted by Gasteiger charge is -2.20. The number of furan rings is 1. The highest BCUT2D eigenvalue weighted by molar-refractivity contribution is 7.89. The zero-order chi connectivity index (χ0) is 13.2. The van der Waals surface area contributed by atoms with Crippen LogP contribution >= 0.6 is 0 Å². The van der Waals surface area contributed by atoms with Crippen molar-refractivity contribution in [3.8, 4) is 0 Å². The molecule has 1 fully saturated rings. The molecule has 0 radical (unpaired) electrons. The standard InChI is InChI=1S/C11H18N2O4S/c1-9-8-13(5-2-6-16-9)18(14,15)11-4-3-10(7-12)17-11/h3-4,9H,2,5-8,12H2,1H3. The first-order chi connectivity index (χ1) is 8.54. The van der Waals surface area contributed by atoms with Gasteiger partial charge >= 0.3 is 0 Å². The van der Waals surface area contributed by atoms with Gasteiger partial charge in [0, 0.05) is 19.7 Å². The molecule has 102 valence electrons. The molecule has 0 saturated carbocycles. The van der Waals surface area contributed by atoms with Crippen LogP contribution in [0.2, 0.25) is 0 Å². The second-order valence-corrected chi connectivity index (χ2v) is 6.19. The van der Waals surface area contributed by atoms with Gasteiger partial charge in [-0.25, -0.2) is 8.42 Å². The molecule has 1 aromatic rings. The fourth-order valence-corrected chi connectivity index (χ4v) is 3.39. The highest BCUT2D eigenvalue weighted by atomic mass is 32.2. The molecular formula is C11H18N2O4S.